The fourth-order valence-electron chi connectivity index (χ4n) is 1.07. The zero-order valence-corrected chi connectivity index (χ0v) is 7.71. The summed E-state index contributed by atoms with van der Waals surface area (Å²) in [6, 6.07) is 0. The van der Waals surface area contributed by atoms with Gasteiger partial charge in [-0.15, -0.1) is 0 Å². The van der Waals surface area contributed by atoms with Gasteiger partial charge in [-0.2, -0.15) is 9.97 Å². The summed E-state index contributed by atoms with van der Waals surface area (Å²) in [5, 5.41) is 9.22. The summed E-state index contributed by atoms with van der Waals surface area (Å²) in [6.07, 6.45) is 1.51. The highest BCUT2D eigenvalue weighted by Crippen LogP contribution is 2.20. The van der Waals surface area contributed by atoms with Gasteiger partial charge in [0.25, 0.3) is 0 Å². The number of aromatic amines is 1. The van der Waals surface area contributed by atoms with E-state index >= 15 is 0 Å². The second-order valence-electron chi connectivity index (χ2n) is 2.73. The highest BCUT2D eigenvalue weighted by Gasteiger charge is 2.11. The molecule has 2 aromatic heterocycles. The number of nitrogen functional groups attached to an aromatic ring is 1. The molecule has 0 bridgehead atoms. The maximum Gasteiger partial charge on any atom is 0.247 e. The van der Waals surface area contributed by atoms with Crippen molar-refractivity contribution in [1.82, 2.24) is 19.9 Å². The largest absolute Gasteiger partial charge is 0.442 e. The number of aliphatic hydroxyl groups is 1. The van der Waals surface area contributed by atoms with Gasteiger partial charge in [0.05, 0.1) is 6.33 Å². The van der Waals surface area contributed by atoms with Crippen LogP contribution in [-0.2, 0) is 0 Å². The van der Waals surface area contributed by atoms with Gasteiger partial charge in [0.15, 0.2) is 5.65 Å². The molecule has 0 radical (unpaired) electrons. The lowest BCUT2D eigenvalue weighted by molar-refractivity contribution is 0.0227. The van der Waals surface area contributed by atoms with E-state index in [1.807, 2.05) is 0 Å². The lowest BCUT2D eigenvalue weighted by atomic mass is 10.5. The molecule has 1 atom stereocenters. The molecule has 15 heavy (non-hydrogen) atoms. The number of anilines is 1. The van der Waals surface area contributed by atoms with E-state index in [0.717, 1.165) is 0 Å². The summed E-state index contributed by atoms with van der Waals surface area (Å²) >= 11 is 0. The maximum atomic E-state index is 9.22. The van der Waals surface area contributed by atoms with E-state index < -0.39 is 6.29 Å². The van der Waals surface area contributed by atoms with Crippen LogP contribution in [0.3, 0.4) is 0 Å². The third kappa shape index (κ3) is 1.72. The number of hydrogen-bond donors (Lipinski definition) is 3. The summed E-state index contributed by atoms with van der Waals surface area (Å²) in [4.78, 5) is 14.4. The predicted molar refractivity (Wildman–Crippen MR) is 52.9 cm³/mol. The Morgan fingerprint density at radius 3 is 3.13 bits per heavy atom. The van der Waals surface area contributed by atoms with Crippen molar-refractivity contribution in [3.05, 3.63) is 19.0 Å². The predicted octanol–water partition coefficient (Wildman–Crippen LogP) is -0.182. The zero-order valence-electron chi connectivity index (χ0n) is 7.71. The van der Waals surface area contributed by atoms with E-state index in [9.17, 15) is 5.11 Å². The Morgan fingerprint density at radius 1 is 1.60 bits per heavy atom. The number of nitrogens with one attached hydrogen (secondary N) is 1. The molecule has 7 heteroatoms. The van der Waals surface area contributed by atoms with E-state index in [1.54, 1.807) is 0 Å². The Labute approximate surface area is 84.6 Å². The summed E-state index contributed by atoms with van der Waals surface area (Å²) in [6.45, 7) is 3.37. The molecule has 0 aliphatic carbocycles. The second kappa shape index (κ2) is 3.54. The molecule has 2 heterocycles. The first-order chi connectivity index (χ1) is 7.20. The normalized spacial score (nSPS) is 12.6. The third-order valence-electron chi connectivity index (χ3n) is 1.70. The first kappa shape index (κ1) is 9.41. The van der Waals surface area contributed by atoms with Gasteiger partial charge >= 0.3 is 0 Å². The lowest BCUT2D eigenvalue weighted by Gasteiger charge is -2.08. The molecule has 0 spiro atoms. The molecule has 4 N–H and O–H groups in total. The van der Waals surface area contributed by atoms with E-state index in [4.69, 9.17) is 10.5 Å². The number of imidazole rings is 1. The minimum absolute atomic E-state index is 0.0286. The molecule has 1 unspecified atom stereocenters. The summed E-state index contributed by atoms with van der Waals surface area (Å²) in [5.74, 6) is 0.170. The Hall–Kier alpha value is -2.15. The quantitative estimate of drug-likeness (QED) is 0.475. The number of H-pyrrole nitrogens is 1. The van der Waals surface area contributed by atoms with Gasteiger partial charge in [0, 0.05) is 0 Å². The number of hydrogen-bond acceptors (Lipinski definition) is 6. The smallest absolute Gasteiger partial charge is 0.247 e. The molecule has 0 aliphatic heterocycles. The Balaban J connectivity index is 2.48. The number of nitrogens with zero attached hydrogens (tertiary/aromatic N) is 3. The standard InChI is InChI=1S/C8H9N5O2/c1-2-4(14)15-7-5-6(11-3-10-5)12-8(9)13-7/h2-4,14H,1H2,(H3,9,10,11,12,13). The van der Waals surface area contributed by atoms with E-state index in [1.165, 1.54) is 12.4 Å². The second-order valence-corrected chi connectivity index (χ2v) is 2.73. The molecule has 0 amide bonds. The number of fused-ring (bicyclic) bond motifs is 1. The highest BCUT2D eigenvalue weighted by atomic mass is 16.6. The van der Waals surface area contributed by atoms with Gasteiger partial charge in [-0.05, 0) is 6.08 Å². The molecular weight excluding hydrogens is 198 g/mol. The SMILES string of the molecule is C=CC(O)Oc1nc(N)nc2nc[nH]c12. The molecule has 0 aromatic carbocycles. The highest BCUT2D eigenvalue weighted by molar-refractivity contribution is 5.76. The van der Waals surface area contributed by atoms with Gasteiger partial charge in [-0.3, -0.25) is 0 Å². The molecule has 0 saturated carbocycles. The number of aliphatic hydroxyl groups excluding tert-OH is 1. The van der Waals surface area contributed by atoms with Crippen LogP contribution in [0.25, 0.3) is 11.2 Å². The fourth-order valence-corrected chi connectivity index (χ4v) is 1.07. The minimum Gasteiger partial charge on any atom is -0.442 e. The topological polar surface area (TPSA) is 110 Å². The van der Waals surface area contributed by atoms with Crippen molar-refractivity contribution in [3.63, 3.8) is 0 Å². The van der Waals surface area contributed by atoms with E-state index in [2.05, 4.69) is 26.5 Å². The molecule has 2 rings (SSSR count). The fraction of sp³-hybridized carbons (Fsp3) is 0.125. The number of aromatic nitrogens is 4. The van der Waals surface area contributed by atoms with Gasteiger partial charge in [0.2, 0.25) is 18.1 Å². The van der Waals surface area contributed by atoms with Gasteiger partial charge in [0.1, 0.15) is 5.52 Å². The first-order valence-electron chi connectivity index (χ1n) is 4.14. The van der Waals surface area contributed by atoms with Crippen molar-refractivity contribution in [2.24, 2.45) is 0 Å². The van der Waals surface area contributed by atoms with Crippen molar-refractivity contribution < 1.29 is 9.84 Å². The monoisotopic (exact) mass is 207 g/mol. The Morgan fingerprint density at radius 2 is 2.40 bits per heavy atom. The lowest BCUT2D eigenvalue weighted by Crippen LogP contribution is -2.13. The van der Waals surface area contributed by atoms with Crippen molar-refractivity contribution in [2.45, 2.75) is 6.29 Å². The Bertz CT molecular complexity index is 495. The molecule has 7 nitrogen and oxygen atoms in total. The van der Waals surface area contributed by atoms with E-state index in [0.29, 0.717) is 11.2 Å². The molecule has 0 aliphatic rings. The number of rotatable bonds is 3. The molecular formula is C8H9N5O2. The zero-order chi connectivity index (χ0) is 10.8. The van der Waals surface area contributed by atoms with Crippen molar-refractivity contribution in [3.8, 4) is 5.88 Å². The van der Waals surface area contributed by atoms with Crippen LogP contribution in [0.4, 0.5) is 5.95 Å². The molecule has 0 saturated heterocycles. The molecule has 2 aromatic rings. The van der Waals surface area contributed by atoms with Crippen molar-refractivity contribution >= 4 is 17.1 Å². The van der Waals surface area contributed by atoms with Crippen LogP contribution in [0.15, 0.2) is 19.0 Å². The molecule has 0 fully saturated rings. The van der Waals surface area contributed by atoms with Crippen LogP contribution in [0.5, 0.6) is 5.88 Å². The van der Waals surface area contributed by atoms with Crippen molar-refractivity contribution in [2.75, 3.05) is 5.73 Å². The average molecular weight is 207 g/mol. The van der Waals surface area contributed by atoms with Crippen LogP contribution in [0, 0.1) is 0 Å². The van der Waals surface area contributed by atoms with Crippen LogP contribution in [-0.4, -0.2) is 31.3 Å². The van der Waals surface area contributed by atoms with Crippen LogP contribution in [0.2, 0.25) is 0 Å². The third-order valence-corrected chi connectivity index (χ3v) is 1.70. The van der Waals surface area contributed by atoms with Gasteiger partial charge < -0.3 is 20.6 Å². The first-order valence-corrected chi connectivity index (χ1v) is 4.14. The summed E-state index contributed by atoms with van der Waals surface area (Å²) in [7, 11) is 0. The minimum atomic E-state index is -1.15. The Kier molecular flexibility index (Phi) is 2.22. The molecule has 78 valence electrons. The van der Waals surface area contributed by atoms with Gasteiger partial charge in [-0.25, -0.2) is 4.98 Å². The van der Waals surface area contributed by atoms with Crippen LogP contribution < -0.4 is 10.5 Å². The van der Waals surface area contributed by atoms with Crippen LogP contribution >= 0.6 is 0 Å². The number of ether oxygens (including phenoxy) is 1. The average Bonchev–Trinajstić information content (AvgIpc) is 2.65. The van der Waals surface area contributed by atoms with E-state index in [-0.39, 0.29) is 11.8 Å². The van der Waals surface area contributed by atoms with Gasteiger partial charge in [-0.1, -0.05) is 6.58 Å². The van der Waals surface area contributed by atoms with Crippen LogP contribution in [0.1, 0.15) is 0 Å². The van der Waals surface area contributed by atoms with Crippen molar-refractivity contribution in [1.29, 1.82) is 0 Å². The summed E-state index contributed by atoms with van der Waals surface area (Å²) < 4.78 is 5.05. The number of nitrogens with two attached hydrogens (primary N) is 1. The summed E-state index contributed by atoms with van der Waals surface area (Å²) in [5.41, 5.74) is 6.30. The maximum absolute atomic E-state index is 9.22.